The van der Waals surface area contributed by atoms with Crippen molar-refractivity contribution in [1.29, 1.82) is 0 Å². The summed E-state index contributed by atoms with van der Waals surface area (Å²) in [7, 11) is -0.983. The lowest BCUT2D eigenvalue weighted by atomic mass is 10.8. The predicted octanol–water partition coefficient (Wildman–Crippen LogP) is 1.63. The molecule has 0 atom stereocenters. The molecule has 0 saturated carbocycles. The van der Waals surface area contributed by atoms with E-state index in [1.54, 1.807) is 0 Å². The molecule has 3 nitrogen and oxygen atoms in total. The van der Waals surface area contributed by atoms with Gasteiger partial charge in [-0.2, -0.15) is 4.99 Å². The first-order chi connectivity index (χ1) is 5.06. The van der Waals surface area contributed by atoms with Crippen molar-refractivity contribution >= 4 is 14.2 Å². The van der Waals surface area contributed by atoms with E-state index in [4.69, 9.17) is 4.74 Å². The third-order valence-electron chi connectivity index (χ3n) is 1.22. The lowest BCUT2D eigenvalue weighted by Crippen LogP contribution is -2.21. The number of nitrogens with zero attached hydrogens (tertiary/aromatic N) is 1. The lowest BCUT2D eigenvalue weighted by molar-refractivity contribution is 0.155. The number of aliphatic imine (C=N–C) groups is 1. The van der Waals surface area contributed by atoms with E-state index < -0.39 is 8.07 Å². The largest absolute Gasteiger partial charge is 0.359 e. The van der Waals surface area contributed by atoms with Crippen LogP contribution < -0.4 is 0 Å². The van der Waals surface area contributed by atoms with Gasteiger partial charge in [-0.15, -0.1) is 0 Å². The summed E-state index contributed by atoms with van der Waals surface area (Å²) in [6.07, 6.45) is 1.43. The van der Waals surface area contributed by atoms with Crippen LogP contribution in [0.5, 0.6) is 0 Å². The van der Waals surface area contributed by atoms with Gasteiger partial charge in [-0.3, -0.25) is 0 Å². The highest BCUT2D eigenvalue weighted by Crippen LogP contribution is 2.07. The second-order valence-corrected chi connectivity index (χ2v) is 9.22. The lowest BCUT2D eigenvalue weighted by Gasteiger charge is -2.14. The summed E-state index contributed by atoms with van der Waals surface area (Å²) in [5.41, 5.74) is 0. The van der Waals surface area contributed by atoms with Crippen molar-refractivity contribution in [2.24, 2.45) is 4.99 Å². The minimum absolute atomic E-state index is 0.161. The maximum absolute atomic E-state index is 9.60. The topological polar surface area (TPSA) is 38.7 Å². The second kappa shape index (κ2) is 5.24. The molecule has 0 fully saturated rings. The molecule has 0 aliphatic heterocycles. The Labute approximate surface area is 68.5 Å². The van der Waals surface area contributed by atoms with Gasteiger partial charge in [0.1, 0.15) is 6.73 Å². The quantitative estimate of drug-likeness (QED) is 0.274. The van der Waals surface area contributed by atoms with E-state index in [0.717, 1.165) is 6.04 Å². The van der Waals surface area contributed by atoms with Crippen LogP contribution >= 0.6 is 0 Å². The fraction of sp³-hybridized carbons (Fsp3) is 0.857. The molecule has 0 amide bonds. The fourth-order valence-corrected chi connectivity index (χ4v) is 1.27. The average Bonchev–Trinajstić information content (AvgIpc) is 1.85. The van der Waals surface area contributed by atoms with Crippen LogP contribution in [0.15, 0.2) is 4.99 Å². The zero-order chi connectivity index (χ0) is 8.74. The number of carbonyl (C=O) groups excluding carboxylic acids is 1. The van der Waals surface area contributed by atoms with Gasteiger partial charge in [-0.1, -0.05) is 19.6 Å². The van der Waals surface area contributed by atoms with E-state index in [-0.39, 0.29) is 6.73 Å². The minimum Gasteiger partial charge on any atom is -0.359 e. The molecule has 0 saturated heterocycles. The molecule has 0 rings (SSSR count). The third kappa shape index (κ3) is 9.56. The Balaban J connectivity index is 3.21. The van der Waals surface area contributed by atoms with E-state index in [1.807, 2.05) is 0 Å². The van der Waals surface area contributed by atoms with E-state index in [1.165, 1.54) is 6.08 Å². The normalized spacial score (nSPS) is 10.8. The molecule has 4 heteroatoms. The number of ether oxygens (including phenoxy) is 1. The Kier molecular flexibility index (Phi) is 5.03. The van der Waals surface area contributed by atoms with Crippen LogP contribution in [0.4, 0.5) is 0 Å². The van der Waals surface area contributed by atoms with Crippen molar-refractivity contribution in [1.82, 2.24) is 0 Å². The molecule has 64 valence electrons. The highest BCUT2D eigenvalue weighted by atomic mass is 28.3. The summed E-state index contributed by atoms with van der Waals surface area (Å²) in [6.45, 7) is 7.70. The van der Waals surface area contributed by atoms with Crippen molar-refractivity contribution in [3.8, 4) is 0 Å². The van der Waals surface area contributed by atoms with Gasteiger partial charge in [0.2, 0.25) is 6.08 Å². The predicted molar refractivity (Wildman–Crippen MR) is 47.1 cm³/mol. The SMILES string of the molecule is C[Si](C)(C)CCOCN=C=O. The van der Waals surface area contributed by atoms with E-state index >= 15 is 0 Å². The first-order valence-corrected chi connectivity index (χ1v) is 7.38. The van der Waals surface area contributed by atoms with Gasteiger partial charge in [0.05, 0.1) is 0 Å². The third-order valence-corrected chi connectivity index (χ3v) is 2.92. The zero-order valence-corrected chi connectivity index (χ0v) is 8.39. The molecule has 0 aliphatic carbocycles. The van der Waals surface area contributed by atoms with Gasteiger partial charge in [0.15, 0.2) is 0 Å². The first-order valence-electron chi connectivity index (χ1n) is 3.67. The molecule has 0 aromatic rings. The summed E-state index contributed by atoms with van der Waals surface area (Å²) >= 11 is 0. The maximum Gasteiger partial charge on any atom is 0.237 e. The fourth-order valence-electron chi connectivity index (χ4n) is 0.515. The van der Waals surface area contributed by atoms with Gasteiger partial charge < -0.3 is 4.74 Å². The standard InChI is InChI=1S/C7H15NO2Si/c1-11(2,3)5-4-10-7-8-6-9/h4-5,7H2,1-3H3. The molecule has 0 aromatic heterocycles. The molecule has 0 N–H and O–H groups in total. The van der Waals surface area contributed by atoms with Gasteiger partial charge in [0.25, 0.3) is 0 Å². The second-order valence-electron chi connectivity index (χ2n) is 3.60. The highest BCUT2D eigenvalue weighted by molar-refractivity contribution is 6.76. The highest BCUT2D eigenvalue weighted by Gasteiger charge is 2.11. The van der Waals surface area contributed by atoms with E-state index in [0.29, 0.717) is 6.61 Å². The summed E-state index contributed by atoms with van der Waals surface area (Å²) < 4.78 is 5.06. The molecular weight excluding hydrogens is 158 g/mol. The van der Waals surface area contributed by atoms with Gasteiger partial charge in [0, 0.05) is 14.7 Å². The van der Waals surface area contributed by atoms with Crippen LogP contribution in [0.2, 0.25) is 25.7 Å². The summed E-state index contributed by atoms with van der Waals surface area (Å²) in [6, 6.07) is 1.11. The molecule has 0 aromatic carbocycles. The summed E-state index contributed by atoms with van der Waals surface area (Å²) in [5.74, 6) is 0. The molecular formula is C7H15NO2Si. The zero-order valence-electron chi connectivity index (χ0n) is 7.39. The smallest absolute Gasteiger partial charge is 0.237 e. The van der Waals surface area contributed by atoms with Gasteiger partial charge in [-0.25, -0.2) is 4.79 Å². The van der Waals surface area contributed by atoms with Crippen molar-refractivity contribution in [3.05, 3.63) is 0 Å². The molecule has 0 spiro atoms. The van der Waals surface area contributed by atoms with E-state index in [2.05, 4.69) is 24.6 Å². The van der Waals surface area contributed by atoms with Gasteiger partial charge >= 0.3 is 0 Å². The van der Waals surface area contributed by atoms with Crippen molar-refractivity contribution in [2.45, 2.75) is 25.7 Å². The molecule has 0 aliphatic rings. The monoisotopic (exact) mass is 173 g/mol. The number of hydrogen-bond acceptors (Lipinski definition) is 3. The first kappa shape index (κ1) is 10.6. The molecule has 0 unspecified atom stereocenters. The maximum atomic E-state index is 9.60. The van der Waals surface area contributed by atoms with Crippen molar-refractivity contribution in [2.75, 3.05) is 13.3 Å². The average molecular weight is 173 g/mol. The number of rotatable bonds is 5. The molecule has 0 bridgehead atoms. The van der Waals surface area contributed by atoms with Crippen LogP contribution in [-0.4, -0.2) is 27.5 Å². The van der Waals surface area contributed by atoms with Crippen molar-refractivity contribution < 1.29 is 9.53 Å². The minimum atomic E-state index is -0.983. The van der Waals surface area contributed by atoms with Crippen LogP contribution in [0.25, 0.3) is 0 Å². The Morgan fingerprint density at radius 2 is 2.09 bits per heavy atom. The van der Waals surface area contributed by atoms with Crippen molar-refractivity contribution in [3.63, 3.8) is 0 Å². The Morgan fingerprint density at radius 3 is 2.55 bits per heavy atom. The van der Waals surface area contributed by atoms with Gasteiger partial charge in [-0.05, 0) is 6.04 Å². The summed E-state index contributed by atoms with van der Waals surface area (Å²) in [4.78, 5) is 12.9. The Hall–Kier alpha value is -0.443. The Bertz CT molecular complexity index is 147. The number of isocyanates is 1. The summed E-state index contributed by atoms with van der Waals surface area (Å²) in [5, 5.41) is 0. The van der Waals surface area contributed by atoms with Crippen LogP contribution in [-0.2, 0) is 9.53 Å². The molecule has 0 radical (unpaired) electrons. The number of hydrogen-bond donors (Lipinski definition) is 0. The van der Waals surface area contributed by atoms with Crippen LogP contribution in [0, 0.1) is 0 Å². The van der Waals surface area contributed by atoms with Crippen LogP contribution in [0.3, 0.4) is 0 Å². The molecule has 11 heavy (non-hydrogen) atoms. The molecule has 0 heterocycles. The van der Waals surface area contributed by atoms with Crippen LogP contribution in [0.1, 0.15) is 0 Å². The Morgan fingerprint density at radius 1 is 1.45 bits per heavy atom. The van der Waals surface area contributed by atoms with E-state index in [9.17, 15) is 4.79 Å².